The van der Waals surface area contributed by atoms with E-state index in [0.717, 1.165) is 17.8 Å². The first kappa shape index (κ1) is 26.9. The molecule has 45 heavy (non-hydrogen) atoms. The molecule has 1 aliphatic carbocycles. The second-order valence-corrected chi connectivity index (χ2v) is 11.7. The molecule has 0 fully saturated rings. The maximum absolute atomic E-state index is 2.40. The van der Waals surface area contributed by atoms with E-state index in [9.17, 15) is 0 Å². The van der Waals surface area contributed by atoms with Gasteiger partial charge in [-0.05, 0) is 92.2 Å². The zero-order valence-corrected chi connectivity index (χ0v) is 25.1. The summed E-state index contributed by atoms with van der Waals surface area (Å²) in [5.41, 5.74) is 9.78. The third-order valence-electron chi connectivity index (χ3n) is 8.97. The van der Waals surface area contributed by atoms with Crippen molar-refractivity contribution in [1.82, 2.24) is 0 Å². The van der Waals surface area contributed by atoms with Crippen LogP contribution in [-0.4, -0.2) is 0 Å². The van der Waals surface area contributed by atoms with Crippen LogP contribution in [0, 0.1) is 0 Å². The predicted octanol–water partition coefficient (Wildman–Crippen LogP) is 12.1. The van der Waals surface area contributed by atoms with Gasteiger partial charge in [0.1, 0.15) is 0 Å². The highest BCUT2D eigenvalue weighted by atomic mass is 15.1. The van der Waals surface area contributed by atoms with Gasteiger partial charge in [-0.2, -0.15) is 0 Å². The Kier molecular flexibility index (Phi) is 7.05. The molecule has 0 N–H and O–H groups in total. The normalized spacial score (nSPS) is 14.4. The molecule has 0 saturated heterocycles. The van der Waals surface area contributed by atoms with Crippen LogP contribution in [-0.2, 0) is 0 Å². The van der Waals surface area contributed by atoms with Gasteiger partial charge in [0.05, 0.1) is 0 Å². The molecular formula is C44H33N. The van der Waals surface area contributed by atoms with Gasteiger partial charge in [-0.3, -0.25) is 0 Å². The molecule has 1 atom stereocenters. The third kappa shape index (κ3) is 5.13. The minimum Gasteiger partial charge on any atom is -0.311 e. The Hall–Kier alpha value is -5.66. The maximum atomic E-state index is 2.40. The van der Waals surface area contributed by atoms with Crippen molar-refractivity contribution in [2.24, 2.45) is 0 Å². The summed E-state index contributed by atoms with van der Waals surface area (Å²) in [4.78, 5) is 2.40. The lowest BCUT2D eigenvalue weighted by molar-refractivity contribution is 0.840. The standard InChI is InChI=1S/C44H33N/c1-4-14-32(15-5-1)33-24-26-38(27-25-33)45(37-20-8-3-9-21-37)39-28-29-42(43(31-39)34-16-6-2-7-17-34)44-40-22-12-10-18-35(40)30-36-19-11-13-23-41(36)44/h1-24,26-31,33H,25H2. The topological polar surface area (TPSA) is 3.24 Å². The summed E-state index contributed by atoms with van der Waals surface area (Å²) in [6.45, 7) is 0. The summed E-state index contributed by atoms with van der Waals surface area (Å²) in [5.74, 6) is 0.384. The SMILES string of the molecule is C1=CC(c2ccccc2)CC=C1N(c1ccccc1)c1ccc(-c2c3ccccc3cc3ccccc23)c(-c2ccccc2)c1. The number of anilines is 2. The summed E-state index contributed by atoms with van der Waals surface area (Å²) < 4.78 is 0. The van der Waals surface area contributed by atoms with E-state index >= 15 is 0 Å². The van der Waals surface area contributed by atoms with E-state index in [1.54, 1.807) is 0 Å². The summed E-state index contributed by atoms with van der Waals surface area (Å²) in [6, 6.07) is 59.2. The van der Waals surface area contributed by atoms with E-state index in [4.69, 9.17) is 0 Å². The fraction of sp³-hybridized carbons (Fsp3) is 0.0455. The first-order valence-electron chi connectivity index (χ1n) is 15.7. The molecule has 1 nitrogen and oxygen atoms in total. The molecule has 0 aliphatic heterocycles. The summed E-state index contributed by atoms with van der Waals surface area (Å²) in [6.07, 6.45) is 8.00. The van der Waals surface area contributed by atoms with Gasteiger partial charge in [-0.25, -0.2) is 0 Å². The Morgan fingerprint density at radius 3 is 1.73 bits per heavy atom. The number of benzene rings is 7. The van der Waals surface area contributed by atoms with Gasteiger partial charge < -0.3 is 4.90 Å². The summed E-state index contributed by atoms with van der Waals surface area (Å²) in [5, 5.41) is 5.05. The van der Waals surface area contributed by atoms with Gasteiger partial charge in [0.15, 0.2) is 0 Å². The number of hydrogen-bond acceptors (Lipinski definition) is 1. The quantitative estimate of drug-likeness (QED) is 0.178. The molecule has 0 amide bonds. The number of hydrogen-bond donors (Lipinski definition) is 0. The van der Waals surface area contributed by atoms with Crippen LogP contribution < -0.4 is 4.90 Å². The Morgan fingerprint density at radius 1 is 0.489 bits per heavy atom. The van der Waals surface area contributed by atoms with Gasteiger partial charge >= 0.3 is 0 Å². The molecule has 0 bridgehead atoms. The number of para-hydroxylation sites is 1. The molecule has 7 aromatic carbocycles. The Labute approximate surface area is 265 Å². The molecule has 1 heteroatoms. The molecule has 0 aromatic heterocycles. The highest BCUT2D eigenvalue weighted by molar-refractivity contribution is 6.14. The van der Waals surface area contributed by atoms with Crippen molar-refractivity contribution in [2.75, 3.05) is 4.90 Å². The van der Waals surface area contributed by atoms with Crippen LogP contribution in [0.1, 0.15) is 17.9 Å². The van der Waals surface area contributed by atoms with Crippen molar-refractivity contribution in [2.45, 2.75) is 12.3 Å². The van der Waals surface area contributed by atoms with Crippen molar-refractivity contribution in [3.8, 4) is 22.3 Å². The molecule has 0 saturated carbocycles. The highest BCUT2D eigenvalue weighted by Gasteiger charge is 2.21. The molecule has 1 unspecified atom stereocenters. The van der Waals surface area contributed by atoms with Crippen LogP contribution in [0.15, 0.2) is 188 Å². The van der Waals surface area contributed by atoms with Gasteiger partial charge in [-0.1, -0.05) is 146 Å². The summed E-state index contributed by atoms with van der Waals surface area (Å²) in [7, 11) is 0. The lowest BCUT2D eigenvalue weighted by Crippen LogP contribution is -2.17. The number of rotatable bonds is 6. The van der Waals surface area contributed by atoms with Crippen LogP contribution >= 0.6 is 0 Å². The summed E-state index contributed by atoms with van der Waals surface area (Å²) >= 11 is 0. The van der Waals surface area contributed by atoms with Crippen LogP contribution in [0.2, 0.25) is 0 Å². The largest absolute Gasteiger partial charge is 0.311 e. The van der Waals surface area contributed by atoms with Crippen LogP contribution in [0.3, 0.4) is 0 Å². The Morgan fingerprint density at radius 2 is 1.09 bits per heavy atom. The highest BCUT2D eigenvalue weighted by Crippen LogP contribution is 2.44. The average molecular weight is 576 g/mol. The van der Waals surface area contributed by atoms with Gasteiger partial charge in [0.25, 0.3) is 0 Å². The zero-order valence-electron chi connectivity index (χ0n) is 25.1. The maximum Gasteiger partial charge on any atom is 0.0468 e. The Bertz CT molecular complexity index is 2120. The predicted molar refractivity (Wildman–Crippen MR) is 192 cm³/mol. The van der Waals surface area contributed by atoms with Crippen molar-refractivity contribution in [3.05, 3.63) is 193 Å². The van der Waals surface area contributed by atoms with Crippen LogP contribution in [0.5, 0.6) is 0 Å². The second kappa shape index (κ2) is 11.8. The first-order valence-corrected chi connectivity index (χ1v) is 15.7. The van der Waals surface area contributed by atoms with E-state index in [1.807, 2.05) is 0 Å². The van der Waals surface area contributed by atoms with Gasteiger partial charge in [0, 0.05) is 23.0 Å². The molecule has 214 valence electrons. The van der Waals surface area contributed by atoms with E-state index in [-0.39, 0.29) is 0 Å². The van der Waals surface area contributed by atoms with Crippen molar-refractivity contribution >= 4 is 32.9 Å². The molecule has 1 aliphatic rings. The van der Waals surface area contributed by atoms with Gasteiger partial charge in [0.2, 0.25) is 0 Å². The van der Waals surface area contributed by atoms with E-state index < -0.39 is 0 Å². The zero-order chi connectivity index (χ0) is 30.0. The molecule has 0 spiro atoms. The molecule has 8 rings (SSSR count). The third-order valence-corrected chi connectivity index (χ3v) is 8.97. The van der Waals surface area contributed by atoms with E-state index in [0.29, 0.717) is 5.92 Å². The number of fused-ring (bicyclic) bond motifs is 2. The second-order valence-electron chi connectivity index (χ2n) is 11.7. The number of allylic oxidation sites excluding steroid dienone is 3. The lowest BCUT2D eigenvalue weighted by atomic mass is 9.87. The lowest BCUT2D eigenvalue weighted by Gasteiger charge is -2.30. The number of nitrogens with zero attached hydrogens (tertiary/aromatic N) is 1. The van der Waals surface area contributed by atoms with Crippen molar-refractivity contribution < 1.29 is 0 Å². The first-order chi connectivity index (χ1) is 22.3. The average Bonchev–Trinajstić information content (AvgIpc) is 3.12. The van der Waals surface area contributed by atoms with Crippen LogP contribution in [0.25, 0.3) is 43.8 Å². The smallest absolute Gasteiger partial charge is 0.0468 e. The van der Waals surface area contributed by atoms with Crippen molar-refractivity contribution in [3.63, 3.8) is 0 Å². The molecule has 0 heterocycles. The fourth-order valence-electron chi connectivity index (χ4n) is 6.80. The van der Waals surface area contributed by atoms with E-state index in [1.165, 1.54) is 55.1 Å². The van der Waals surface area contributed by atoms with Gasteiger partial charge in [-0.15, -0.1) is 0 Å². The molecule has 0 radical (unpaired) electrons. The fourth-order valence-corrected chi connectivity index (χ4v) is 6.80. The Balaban J connectivity index is 1.32. The van der Waals surface area contributed by atoms with Crippen molar-refractivity contribution in [1.29, 1.82) is 0 Å². The minimum atomic E-state index is 0.384. The molecule has 7 aromatic rings. The van der Waals surface area contributed by atoms with E-state index in [2.05, 4.69) is 187 Å². The monoisotopic (exact) mass is 575 g/mol. The minimum absolute atomic E-state index is 0.384. The van der Waals surface area contributed by atoms with Crippen LogP contribution in [0.4, 0.5) is 11.4 Å². The molecular weight excluding hydrogens is 542 g/mol.